The van der Waals surface area contributed by atoms with Gasteiger partial charge < -0.3 is 11.1 Å². The molecule has 0 aliphatic carbocycles. The molecular formula is C15H24N2O. The molecule has 0 aliphatic rings. The van der Waals surface area contributed by atoms with Crippen LogP contribution in [0.15, 0.2) is 24.3 Å². The van der Waals surface area contributed by atoms with Gasteiger partial charge in [0.15, 0.2) is 0 Å². The predicted molar refractivity (Wildman–Crippen MR) is 76.4 cm³/mol. The molecule has 0 atom stereocenters. The van der Waals surface area contributed by atoms with Crippen LogP contribution < -0.4 is 11.1 Å². The number of amides is 1. The van der Waals surface area contributed by atoms with Crippen LogP contribution in [0.4, 0.5) is 5.69 Å². The number of hydrogen-bond acceptors (Lipinski definition) is 2. The first-order chi connectivity index (χ1) is 8.35. The van der Waals surface area contributed by atoms with Crippen LogP contribution in [0.5, 0.6) is 0 Å². The highest BCUT2D eigenvalue weighted by Crippen LogP contribution is 2.18. The molecule has 0 radical (unpaired) electrons. The predicted octanol–water partition coefficient (Wildman–Crippen LogP) is 2.81. The van der Waals surface area contributed by atoms with Crippen molar-refractivity contribution in [1.29, 1.82) is 0 Å². The highest BCUT2D eigenvalue weighted by molar-refractivity contribution is 5.94. The molecule has 0 unspecified atom stereocenters. The van der Waals surface area contributed by atoms with Crippen LogP contribution >= 0.6 is 0 Å². The molecule has 1 aromatic carbocycles. The fourth-order valence-electron chi connectivity index (χ4n) is 1.59. The van der Waals surface area contributed by atoms with Crippen molar-refractivity contribution in [3.8, 4) is 0 Å². The van der Waals surface area contributed by atoms with Gasteiger partial charge in [-0.15, -0.1) is 0 Å². The van der Waals surface area contributed by atoms with Crippen molar-refractivity contribution in [3.63, 3.8) is 0 Å². The molecule has 0 spiro atoms. The van der Waals surface area contributed by atoms with E-state index in [4.69, 9.17) is 5.73 Å². The lowest BCUT2D eigenvalue weighted by Gasteiger charge is -2.21. The summed E-state index contributed by atoms with van der Waals surface area (Å²) in [6, 6.07) is 8.01. The zero-order chi connectivity index (χ0) is 13.8. The lowest BCUT2D eigenvalue weighted by molar-refractivity contribution is -0.123. The van der Waals surface area contributed by atoms with Gasteiger partial charge in [0, 0.05) is 12.2 Å². The number of rotatable bonds is 5. The standard InChI is InChI=1S/C15H24N2O/c1-11(2)9-12-5-7-13(8-6-12)17-14(18)15(3,4)10-16/h5-8,11H,9-10,16H2,1-4H3,(H,17,18). The molecule has 0 saturated carbocycles. The summed E-state index contributed by atoms with van der Waals surface area (Å²) in [6.45, 7) is 8.41. The molecular weight excluding hydrogens is 224 g/mol. The van der Waals surface area contributed by atoms with Gasteiger partial charge in [-0.3, -0.25) is 4.79 Å². The maximum atomic E-state index is 11.9. The first-order valence-electron chi connectivity index (χ1n) is 6.45. The Labute approximate surface area is 110 Å². The van der Waals surface area contributed by atoms with Crippen molar-refractivity contribution in [3.05, 3.63) is 29.8 Å². The molecule has 0 heterocycles. The molecule has 0 aromatic heterocycles. The Morgan fingerprint density at radius 1 is 1.28 bits per heavy atom. The Hall–Kier alpha value is -1.35. The number of carbonyl (C=O) groups is 1. The maximum Gasteiger partial charge on any atom is 0.231 e. The highest BCUT2D eigenvalue weighted by atomic mass is 16.2. The third-order valence-electron chi connectivity index (χ3n) is 2.98. The van der Waals surface area contributed by atoms with E-state index in [1.807, 2.05) is 26.0 Å². The molecule has 18 heavy (non-hydrogen) atoms. The second-order valence-electron chi connectivity index (χ2n) is 5.84. The van der Waals surface area contributed by atoms with Crippen molar-refractivity contribution >= 4 is 11.6 Å². The summed E-state index contributed by atoms with van der Waals surface area (Å²) in [5.74, 6) is 0.600. The van der Waals surface area contributed by atoms with E-state index >= 15 is 0 Å². The van der Waals surface area contributed by atoms with E-state index in [2.05, 4.69) is 31.3 Å². The Balaban J connectivity index is 2.67. The highest BCUT2D eigenvalue weighted by Gasteiger charge is 2.25. The topological polar surface area (TPSA) is 55.1 Å². The minimum absolute atomic E-state index is 0.0402. The fourth-order valence-corrected chi connectivity index (χ4v) is 1.59. The van der Waals surface area contributed by atoms with Gasteiger partial charge in [-0.25, -0.2) is 0 Å². The van der Waals surface area contributed by atoms with E-state index in [-0.39, 0.29) is 5.91 Å². The largest absolute Gasteiger partial charge is 0.329 e. The molecule has 0 saturated heterocycles. The zero-order valence-electron chi connectivity index (χ0n) is 11.8. The Kier molecular flexibility index (Phi) is 4.91. The summed E-state index contributed by atoms with van der Waals surface area (Å²) in [6.07, 6.45) is 1.06. The first kappa shape index (κ1) is 14.7. The quantitative estimate of drug-likeness (QED) is 0.842. The van der Waals surface area contributed by atoms with Gasteiger partial charge in [0.2, 0.25) is 5.91 Å². The van der Waals surface area contributed by atoms with Gasteiger partial charge in [-0.2, -0.15) is 0 Å². The summed E-state index contributed by atoms with van der Waals surface area (Å²) in [5.41, 5.74) is 7.17. The van der Waals surface area contributed by atoms with Crippen LogP contribution in [0.2, 0.25) is 0 Å². The Morgan fingerprint density at radius 2 is 1.83 bits per heavy atom. The van der Waals surface area contributed by atoms with E-state index < -0.39 is 5.41 Å². The van der Waals surface area contributed by atoms with Crippen LogP contribution in [0.1, 0.15) is 33.3 Å². The normalized spacial score (nSPS) is 11.7. The third kappa shape index (κ3) is 4.15. The number of nitrogens with two attached hydrogens (primary N) is 1. The second kappa shape index (κ2) is 6.01. The average molecular weight is 248 g/mol. The van der Waals surface area contributed by atoms with Gasteiger partial charge in [-0.05, 0) is 43.9 Å². The number of benzene rings is 1. The van der Waals surface area contributed by atoms with Crippen LogP contribution in [0.25, 0.3) is 0 Å². The van der Waals surface area contributed by atoms with Gasteiger partial charge in [-0.1, -0.05) is 26.0 Å². The lowest BCUT2D eigenvalue weighted by Crippen LogP contribution is -2.37. The van der Waals surface area contributed by atoms with E-state index in [1.54, 1.807) is 0 Å². The Morgan fingerprint density at radius 3 is 2.28 bits per heavy atom. The first-order valence-corrected chi connectivity index (χ1v) is 6.45. The summed E-state index contributed by atoms with van der Waals surface area (Å²) in [4.78, 5) is 11.9. The molecule has 0 bridgehead atoms. The molecule has 3 N–H and O–H groups in total. The third-order valence-corrected chi connectivity index (χ3v) is 2.98. The maximum absolute atomic E-state index is 11.9. The van der Waals surface area contributed by atoms with E-state index in [9.17, 15) is 4.79 Å². The molecule has 0 fully saturated rings. The van der Waals surface area contributed by atoms with Gasteiger partial charge in [0.25, 0.3) is 0 Å². The lowest BCUT2D eigenvalue weighted by atomic mass is 9.92. The van der Waals surface area contributed by atoms with Crippen molar-refractivity contribution in [1.82, 2.24) is 0 Å². The number of anilines is 1. The minimum Gasteiger partial charge on any atom is -0.329 e. The molecule has 1 aromatic rings. The molecule has 0 aliphatic heterocycles. The summed E-state index contributed by atoms with van der Waals surface area (Å²) < 4.78 is 0. The SMILES string of the molecule is CC(C)Cc1ccc(NC(=O)C(C)(C)CN)cc1. The molecule has 3 heteroatoms. The van der Waals surface area contributed by atoms with Crippen molar-refractivity contribution in [2.24, 2.45) is 17.1 Å². The molecule has 100 valence electrons. The van der Waals surface area contributed by atoms with Gasteiger partial charge in [0.05, 0.1) is 5.41 Å². The van der Waals surface area contributed by atoms with Gasteiger partial charge in [0.1, 0.15) is 0 Å². The summed E-state index contributed by atoms with van der Waals surface area (Å²) in [5, 5.41) is 2.89. The number of nitrogens with one attached hydrogen (secondary N) is 1. The van der Waals surface area contributed by atoms with Crippen LogP contribution in [-0.2, 0) is 11.2 Å². The average Bonchev–Trinajstić information content (AvgIpc) is 2.31. The fraction of sp³-hybridized carbons (Fsp3) is 0.533. The summed E-state index contributed by atoms with van der Waals surface area (Å²) >= 11 is 0. The van der Waals surface area contributed by atoms with Crippen LogP contribution in [-0.4, -0.2) is 12.5 Å². The van der Waals surface area contributed by atoms with E-state index in [0.29, 0.717) is 12.5 Å². The van der Waals surface area contributed by atoms with Crippen molar-refractivity contribution < 1.29 is 4.79 Å². The second-order valence-corrected chi connectivity index (χ2v) is 5.84. The zero-order valence-corrected chi connectivity index (χ0v) is 11.8. The van der Waals surface area contributed by atoms with E-state index in [0.717, 1.165) is 12.1 Å². The number of hydrogen-bond donors (Lipinski definition) is 2. The van der Waals surface area contributed by atoms with Gasteiger partial charge >= 0.3 is 0 Å². The molecule has 3 nitrogen and oxygen atoms in total. The summed E-state index contributed by atoms with van der Waals surface area (Å²) in [7, 11) is 0. The molecule has 1 amide bonds. The van der Waals surface area contributed by atoms with Crippen LogP contribution in [0.3, 0.4) is 0 Å². The smallest absolute Gasteiger partial charge is 0.231 e. The number of carbonyl (C=O) groups excluding carboxylic acids is 1. The van der Waals surface area contributed by atoms with Crippen molar-refractivity contribution in [2.45, 2.75) is 34.1 Å². The monoisotopic (exact) mass is 248 g/mol. The molecule has 1 rings (SSSR count). The van der Waals surface area contributed by atoms with Crippen molar-refractivity contribution in [2.75, 3.05) is 11.9 Å². The Bertz CT molecular complexity index is 393. The van der Waals surface area contributed by atoms with Crippen LogP contribution in [0, 0.1) is 11.3 Å². The van der Waals surface area contributed by atoms with E-state index in [1.165, 1.54) is 5.56 Å². The minimum atomic E-state index is -0.531.